The summed E-state index contributed by atoms with van der Waals surface area (Å²) in [6, 6.07) is 22.8. The molecule has 7 nitrogen and oxygen atoms in total. The number of benzene rings is 2. The second-order valence-corrected chi connectivity index (χ2v) is 9.17. The predicted molar refractivity (Wildman–Crippen MR) is 146 cm³/mol. The monoisotopic (exact) mass is 517 g/mol. The number of pyridine rings is 1. The summed E-state index contributed by atoms with van der Waals surface area (Å²) < 4.78 is 7.56. The van der Waals surface area contributed by atoms with E-state index in [-0.39, 0.29) is 18.0 Å². The molecule has 0 radical (unpaired) electrons. The Hall–Kier alpha value is -3.88. The Balaban J connectivity index is 1.66. The normalized spacial score (nSPS) is 17.1. The molecule has 5 rings (SSSR count). The summed E-state index contributed by atoms with van der Waals surface area (Å²) in [5.74, 6) is 0.373. The lowest BCUT2D eigenvalue weighted by Crippen LogP contribution is -2.30. The van der Waals surface area contributed by atoms with E-state index in [1.807, 2.05) is 72.9 Å². The number of thiocarbonyl (C=S) groups is 1. The Kier molecular flexibility index (Phi) is 6.63. The van der Waals surface area contributed by atoms with Gasteiger partial charge in [0.15, 0.2) is 5.11 Å². The van der Waals surface area contributed by atoms with Crippen molar-refractivity contribution in [3.8, 4) is 11.4 Å². The van der Waals surface area contributed by atoms with Crippen LogP contribution in [0, 0.1) is 0 Å². The van der Waals surface area contributed by atoms with E-state index in [0.717, 1.165) is 22.8 Å². The standard InChI is InChI=1S/C27H24ClN5O2S/c1-17(34)30-22-16-20(11-12-24(22)35-2)33-26(25(31-27(33)36)21-9-3-4-13-29-21)23-10-6-14-32(23)19-8-5-7-18(28)15-19/h3-16,25-26H,1-2H3,(H,30,34)(H,31,36)/t25-,26-/m1/s1. The van der Waals surface area contributed by atoms with Crippen molar-refractivity contribution in [2.45, 2.75) is 19.0 Å². The molecule has 0 aliphatic carbocycles. The van der Waals surface area contributed by atoms with Crippen LogP contribution in [-0.2, 0) is 4.79 Å². The Labute approximate surface area is 219 Å². The smallest absolute Gasteiger partial charge is 0.221 e. The van der Waals surface area contributed by atoms with Crippen LogP contribution >= 0.6 is 23.8 Å². The molecule has 0 unspecified atom stereocenters. The molecule has 182 valence electrons. The molecular formula is C27H24ClN5O2S. The summed E-state index contributed by atoms with van der Waals surface area (Å²) >= 11 is 12.2. The fourth-order valence-electron chi connectivity index (χ4n) is 4.56. The fraction of sp³-hybridized carbons (Fsp3) is 0.148. The molecule has 1 fully saturated rings. The first-order chi connectivity index (χ1) is 17.5. The summed E-state index contributed by atoms with van der Waals surface area (Å²) in [6.07, 6.45) is 3.78. The number of nitrogens with zero attached hydrogens (tertiary/aromatic N) is 3. The summed E-state index contributed by atoms with van der Waals surface area (Å²) in [7, 11) is 1.57. The first-order valence-corrected chi connectivity index (χ1v) is 12.1. The molecular weight excluding hydrogens is 494 g/mol. The van der Waals surface area contributed by atoms with Crippen LogP contribution in [0.5, 0.6) is 5.75 Å². The summed E-state index contributed by atoms with van der Waals surface area (Å²) in [4.78, 5) is 18.5. The molecule has 3 heterocycles. The van der Waals surface area contributed by atoms with Gasteiger partial charge in [0.2, 0.25) is 5.91 Å². The molecule has 2 N–H and O–H groups in total. The van der Waals surface area contributed by atoms with Gasteiger partial charge in [-0.2, -0.15) is 0 Å². The second kappa shape index (κ2) is 10.0. The minimum atomic E-state index is -0.250. The molecule has 1 aliphatic rings. The van der Waals surface area contributed by atoms with Gasteiger partial charge in [-0.3, -0.25) is 9.78 Å². The van der Waals surface area contributed by atoms with E-state index in [4.69, 9.17) is 28.6 Å². The van der Waals surface area contributed by atoms with Crippen LogP contribution < -0.4 is 20.3 Å². The Morgan fingerprint density at radius 3 is 2.67 bits per heavy atom. The molecule has 9 heteroatoms. The van der Waals surface area contributed by atoms with Gasteiger partial charge in [-0.15, -0.1) is 0 Å². The van der Waals surface area contributed by atoms with Gasteiger partial charge in [0, 0.05) is 41.4 Å². The number of nitrogens with one attached hydrogen (secondary N) is 2. The number of carbonyl (C=O) groups is 1. The van der Waals surface area contributed by atoms with Gasteiger partial charge in [0.1, 0.15) is 11.8 Å². The van der Waals surface area contributed by atoms with E-state index in [1.54, 1.807) is 13.3 Å². The zero-order chi connectivity index (χ0) is 25.2. The van der Waals surface area contributed by atoms with Gasteiger partial charge in [-0.05, 0) is 72.9 Å². The van der Waals surface area contributed by atoms with Crippen LogP contribution in [0.15, 0.2) is 85.2 Å². The molecule has 36 heavy (non-hydrogen) atoms. The highest BCUT2D eigenvalue weighted by molar-refractivity contribution is 7.80. The molecule has 2 atom stereocenters. The average Bonchev–Trinajstić information content (AvgIpc) is 3.48. The van der Waals surface area contributed by atoms with Crippen LogP contribution in [0.2, 0.25) is 5.02 Å². The molecule has 2 aromatic heterocycles. The molecule has 0 bridgehead atoms. The van der Waals surface area contributed by atoms with Crippen molar-refractivity contribution in [3.05, 3.63) is 102 Å². The minimum Gasteiger partial charge on any atom is -0.495 e. The van der Waals surface area contributed by atoms with Crippen molar-refractivity contribution < 1.29 is 9.53 Å². The number of aromatic nitrogens is 2. The highest BCUT2D eigenvalue weighted by Crippen LogP contribution is 2.43. The quantitative estimate of drug-likeness (QED) is 0.321. The lowest BCUT2D eigenvalue weighted by Gasteiger charge is -2.29. The van der Waals surface area contributed by atoms with E-state index < -0.39 is 0 Å². The van der Waals surface area contributed by atoms with E-state index >= 15 is 0 Å². The lowest BCUT2D eigenvalue weighted by molar-refractivity contribution is -0.114. The average molecular weight is 518 g/mol. The number of hydrogen-bond acceptors (Lipinski definition) is 4. The van der Waals surface area contributed by atoms with Gasteiger partial charge in [-0.25, -0.2) is 0 Å². The maximum absolute atomic E-state index is 11.9. The Morgan fingerprint density at radius 2 is 1.94 bits per heavy atom. The van der Waals surface area contributed by atoms with Crippen LogP contribution in [0.4, 0.5) is 11.4 Å². The Bertz CT molecular complexity index is 1420. The van der Waals surface area contributed by atoms with Crippen molar-refractivity contribution in [2.24, 2.45) is 0 Å². The third-order valence-corrected chi connectivity index (χ3v) is 6.59. The second-order valence-electron chi connectivity index (χ2n) is 8.35. The molecule has 2 aromatic carbocycles. The van der Waals surface area contributed by atoms with E-state index in [1.165, 1.54) is 6.92 Å². The largest absolute Gasteiger partial charge is 0.495 e. The zero-order valence-electron chi connectivity index (χ0n) is 19.7. The number of methoxy groups -OCH3 is 1. The van der Waals surface area contributed by atoms with Crippen LogP contribution in [0.3, 0.4) is 0 Å². The van der Waals surface area contributed by atoms with Crippen LogP contribution in [-0.4, -0.2) is 27.7 Å². The van der Waals surface area contributed by atoms with Gasteiger partial charge in [0.25, 0.3) is 0 Å². The van der Waals surface area contributed by atoms with Crippen LogP contribution in [0.25, 0.3) is 5.69 Å². The first kappa shape index (κ1) is 23.8. The number of carbonyl (C=O) groups excluding carboxylic acids is 1. The van der Waals surface area contributed by atoms with E-state index in [2.05, 4.69) is 31.2 Å². The van der Waals surface area contributed by atoms with Gasteiger partial charge >= 0.3 is 0 Å². The first-order valence-electron chi connectivity index (χ1n) is 11.4. The van der Waals surface area contributed by atoms with Crippen molar-refractivity contribution in [3.63, 3.8) is 0 Å². The van der Waals surface area contributed by atoms with Crippen molar-refractivity contribution in [2.75, 3.05) is 17.3 Å². The predicted octanol–water partition coefficient (Wildman–Crippen LogP) is 5.67. The zero-order valence-corrected chi connectivity index (χ0v) is 21.3. The van der Waals surface area contributed by atoms with E-state index in [0.29, 0.717) is 21.6 Å². The summed E-state index contributed by atoms with van der Waals surface area (Å²) in [6.45, 7) is 1.46. The number of amides is 1. The molecule has 0 spiro atoms. The number of anilines is 2. The lowest BCUT2D eigenvalue weighted by atomic mass is 10.0. The Morgan fingerprint density at radius 1 is 1.08 bits per heavy atom. The number of hydrogen-bond donors (Lipinski definition) is 2. The van der Waals surface area contributed by atoms with Gasteiger partial charge < -0.3 is 24.8 Å². The third kappa shape index (κ3) is 4.53. The van der Waals surface area contributed by atoms with Gasteiger partial charge in [-0.1, -0.05) is 23.7 Å². The highest BCUT2D eigenvalue weighted by atomic mass is 35.5. The maximum atomic E-state index is 11.9. The maximum Gasteiger partial charge on any atom is 0.221 e. The third-order valence-electron chi connectivity index (χ3n) is 6.04. The summed E-state index contributed by atoms with van der Waals surface area (Å²) in [5, 5.41) is 7.53. The summed E-state index contributed by atoms with van der Waals surface area (Å²) in [5.41, 5.74) is 4.17. The SMILES string of the molecule is COc1ccc(N2C(=S)N[C@H](c3ccccn3)[C@H]2c2cccn2-c2cccc(Cl)c2)cc1NC(C)=O. The van der Waals surface area contributed by atoms with Crippen molar-refractivity contribution in [1.29, 1.82) is 0 Å². The fourth-order valence-corrected chi connectivity index (χ4v) is 5.09. The number of halogens is 1. The van der Waals surface area contributed by atoms with Crippen LogP contribution in [0.1, 0.15) is 30.4 Å². The highest BCUT2D eigenvalue weighted by Gasteiger charge is 2.42. The van der Waals surface area contributed by atoms with E-state index in [9.17, 15) is 4.79 Å². The van der Waals surface area contributed by atoms with Crippen molar-refractivity contribution in [1.82, 2.24) is 14.9 Å². The topological polar surface area (TPSA) is 71.4 Å². The van der Waals surface area contributed by atoms with Crippen molar-refractivity contribution >= 4 is 46.2 Å². The molecule has 1 saturated heterocycles. The number of rotatable bonds is 6. The number of ether oxygens (including phenoxy) is 1. The molecule has 1 amide bonds. The molecule has 0 saturated carbocycles. The molecule has 4 aromatic rings. The molecule has 1 aliphatic heterocycles. The van der Waals surface area contributed by atoms with Gasteiger partial charge in [0.05, 0.1) is 24.5 Å². The minimum absolute atomic E-state index is 0.190.